The van der Waals surface area contributed by atoms with Crippen molar-refractivity contribution in [3.63, 3.8) is 0 Å². The molecule has 6 nitrogen and oxygen atoms in total. The van der Waals surface area contributed by atoms with Gasteiger partial charge >= 0.3 is 6.03 Å². The minimum Gasteiger partial charge on any atom is -0.497 e. The summed E-state index contributed by atoms with van der Waals surface area (Å²) in [4.78, 5) is 19.4. The number of urea groups is 1. The van der Waals surface area contributed by atoms with Gasteiger partial charge in [0, 0.05) is 31.2 Å². The van der Waals surface area contributed by atoms with E-state index in [1.54, 1.807) is 14.2 Å². The smallest absolute Gasteiger partial charge is 0.315 e. The number of pyridine rings is 1. The van der Waals surface area contributed by atoms with Crippen LogP contribution < -0.4 is 15.4 Å². The Morgan fingerprint density at radius 1 is 1.39 bits per heavy atom. The van der Waals surface area contributed by atoms with Crippen LogP contribution in [0.25, 0.3) is 10.9 Å². The van der Waals surface area contributed by atoms with Crippen LogP contribution in [-0.4, -0.2) is 49.2 Å². The van der Waals surface area contributed by atoms with E-state index in [2.05, 4.69) is 27.4 Å². The van der Waals surface area contributed by atoms with Crippen LogP contribution in [0.15, 0.2) is 30.5 Å². The van der Waals surface area contributed by atoms with E-state index in [4.69, 9.17) is 4.74 Å². The van der Waals surface area contributed by atoms with E-state index in [0.29, 0.717) is 6.04 Å². The number of rotatable bonds is 5. The van der Waals surface area contributed by atoms with Crippen LogP contribution in [0.4, 0.5) is 4.79 Å². The van der Waals surface area contributed by atoms with Crippen molar-refractivity contribution >= 4 is 16.9 Å². The first-order valence-electron chi connectivity index (χ1n) is 10.3. The van der Waals surface area contributed by atoms with Crippen molar-refractivity contribution in [2.24, 2.45) is 11.8 Å². The number of methoxy groups -OCH3 is 1. The third kappa shape index (κ3) is 3.41. The van der Waals surface area contributed by atoms with Gasteiger partial charge in [-0.05, 0) is 61.1 Å². The fourth-order valence-corrected chi connectivity index (χ4v) is 5.13. The van der Waals surface area contributed by atoms with Gasteiger partial charge in [-0.25, -0.2) is 4.79 Å². The molecule has 28 heavy (non-hydrogen) atoms. The first-order chi connectivity index (χ1) is 13.6. The molecule has 1 aromatic heterocycles. The second-order valence-electron chi connectivity index (χ2n) is 8.00. The Morgan fingerprint density at radius 2 is 2.25 bits per heavy atom. The van der Waals surface area contributed by atoms with Crippen LogP contribution in [0, 0.1) is 11.8 Å². The Balaban J connectivity index is 1.75. The van der Waals surface area contributed by atoms with E-state index in [0.717, 1.165) is 53.6 Å². The quantitative estimate of drug-likeness (QED) is 0.832. The zero-order valence-corrected chi connectivity index (χ0v) is 16.9. The first-order valence-corrected chi connectivity index (χ1v) is 10.3. The monoisotopic (exact) mass is 382 g/mol. The van der Waals surface area contributed by atoms with Gasteiger partial charge in [0.1, 0.15) is 5.75 Å². The van der Waals surface area contributed by atoms with Gasteiger partial charge < -0.3 is 15.4 Å². The Hall–Kier alpha value is -2.34. The van der Waals surface area contributed by atoms with Crippen molar-refractivity contribution < 1.29 is 9.53 Å². The number of amides is 2. The van der Waals surface area contributed by atoms with E-state index >= 15 is 0 Å². The third-order valence-electron chi connectivity index (χ3n) is 6.68. The molecule has 3 saturated heterocycles. The highest BCUT2D eigenvalue weighted by Gasteiger charge is 2.43. The highest BCUT2D eigenvalue weighted by Crippen LogP contribution is 2.42. The van der Waals surface area contributed by atoms with Gasteiger partial charge in [0.05, 0.1) is 18.7 Å². The average Bonchev–Trinajstić information content (AvgIpc) is 2.76. The Morgan fingerprint density at radius 3 is 2.93 bits per heavy atom. The molecule has 2 bridgehead atoms. The lowest BCUT2D eigenvalue weighted by Crippen LogP contribution is -2.58. The summed E-state index contributed by atoms with van der Waals surface area (Å²) >= 11 is 0. The van der Waals surface area contributed by atoms with Gasteiger partial charge in [-0.2, -0.15) is 0 Å². The molecule has 0 aliphatic carbocycles. The number of hydrogen-bond acceptors (Lipinski definition) is 4. The van der Waals surface area contributed by atoms with Gasteiger partial charge in [-0.3, -0.25) is 9.88 Å². The topological polar surface area (TPSA) is 66.5 Å². The minimum absolute atomic E-state index is 0.0850. The molecular formula is C22H30N4O2. The van der Waals surface area contributed by atoms with E-state index < -0.39 is 0 Å². The standard InChI is InChI=1S/C22H30N4O2/c1-4-14-13-26-10-8-15(14)11-20(26)21(25-22(27)23-2)17-7-9-24-19-6-5-16(28-3)12-18(17)19/h5-7,9,12,14-15,20-21H,4,8,10-11,13H2,1-3H3,(H2,23,25,27)/t14?,15?,20?,21-/m0/s1. The van der Waals surface area contributed by atoms with E-state index in [-0.39, 0.29) is 12.1 Å². The number of ether oxygens (including phenoxy) is 1. The predicted molar refractivity (Wildman–Crippen MR) is 110 cm³/mol. The molecule has 3 aliphatic heterocycles. The number of piperidine rings is 3. The maximum atomic E-state index is 12.3. The summed E-state index contributed by atoms with van der Waals surface area (Å²) in [5.41, 5.74) is 2.03. The summed E-state index contributed by atoms with van der Waals surface area (Å²) in [5.74, 6) is 2.33. The van der Waals surface area contributed by atoms with Crippen LogP contribution in [0.2, 0.25) is 0 Å². The van der Waals surface area contributed by atoms with Gasteiger partial charge in [0.2, 0.25) is 0 Å². The zero-order chi connectivity index (χ0) is 19.7. The normalized spacial score (nSPS) is 27.4. The number of carbonyl (C=O) groups is 1. The summed E-state index contributed by atoms with van der Waals surface area (Å²) in [7, 11) is 3.34. The highest BCUT2D eigenvalue weighted by molar-refractivity contribution is 5.85. The maximum absolute atomic E-state index is 12.3. The van der Waals surface area contributed by atoms with Crippen LogP contribution in [0.3, 0.4) is 0 Å². The van der Waals surface area contributed by atoms with Crippen molar-refractivity contribution in [3.8, 4) is 5.75 Å². The van der Waals surface area contributed by atoms with Crippen LogP contribution in [-0.2, 0) is 0 Å². The summed E-state index contributed by atoms with van der Waals surface area (Å²) in [6.07, 6.45) is 5.47. The lowest BCUT2D eigenvalue weighted by Gasteiger charge is -2.52. The molecule has 5 rings (SSSR count). The van der Waals surface area contributed by atoms with Gasteiger partial charge in [-0.1, -0.05) is 13.3 Å². The van der Waals surface area contributed by atoms with Gasteiger partial charge in [0.15, 0.2) is 0 Å². The van der Waals surface area contributed by atoms with E-state index in [1.165, 1.54) is 12.8 Å². The van der Waals surface area contributed by atoms with Crippen molar-refractivity contribution in [2.75, 3.05) is 27.2 Å². The number of carbonyl (C=O) groups excluding carboxylic acids is 1. The largest absolute Gasteiger partial charge is 0.497 e. The molecule has 150 valence electrons. The number of hydrogen-bond donors (Lipinski definition) is 2. The number of aromatic nitrogens is 1. The molecule has 2 aromatic rings. The molecule has 4 heterocycles. The maximum Gasteiger partial charge on any atom is 0.315 e. The van der Waals surface area contributed by atoms with Crippen molar-refractivity contribution in [1.29, 1.82) is 0 Å². The second kappa shape index (κ2) is 7.95. The molecule has 0 radical (unpaired) electrons. The summed E-state index contributed by atoms with van der Waals surface area (Å²) in [6, 6.07) is 8.05. The number of fused-ring (bicyclic) bond motifs is 4. The molecule has 0 spiro atoms. The summed E-state index contributed by atoms with van der Waals surface area (Å²) in [6.45, 7) is 4.54. The zero-order valence-electron chi connectivity index (χ0n) is 16.9. The van der Waals surface area contributed by atoms with Gasteiger partial charge in [0.25, 0.3) is 0 Å². The molecule has 5 atom stereocenters. The Bertz CT molecular complexity index is 856. The molecule has 4 unspecified atom stereocenters. The van der Waals surface area contributed by atoms with Crippen molar-refractivity contribution in [2.45, 2.75) is 38.3 Å². The first kappa shape index (κ1) is 19.0. The fourth-order valence-electron chi connectivity index (χ4n) is 5.13. The Kier molecular flexibility index (Phi) is 5.40. The van der Waals surface area contributed by atoms with E-state index in [1.807, 2.05) is 30.5 Å². The molecule has 3 fully saturated rings. The van der Waals surface area contributed by atoms with Crippen LogP contribution in [0.5, 0.6) is 5.75 Å². The summed E-state index contributed by atoms with van der Waals surface area (Å²) < 4.78 is 5.44. The lowest BCUT2D eigenvalue weighted by molar-refractivity contribution is -0.0142. The Labute approximate surface area is 166 Å². The molecular weight excluding hydrogens is 352 g/mol. The number of nitrogens with one attached hydrogen (secondary N) is 2. The average molecular weight is 383 g/mol. The molecule has 2 amide bonds. The number of nitrogens with zero attached hydrogens (tertiary/aromatic N) is 2. The van der Waals surface area contributed by atoms with Crippen LogP contribution >= 0.6 is 0 Å². The SMILES string of the molecule is CCC1CN2CCC1CC2[C@@H](NC(=O)NC)c1ccnc2ccc(OC)cc12. The molecule has 6 heteroatoms. The third-order valence-corrected chi connectivity index (χ3v) is 6.68. The summed E-state index contributed by atoms with van der Waals surface area (Å²) in [5, 5.41) is 7.01. The predicted octanol–water partition coefficient (Wildman–Crippen LogP) is 3.33. The lowest BCUT2D eigenvalue weighted by atomic mass is 9.72. The molecule has 3 aliphatic rings. The van der Waals surface area contributed by atoms with Crippen molar-refractivity contribution in [3.05, 3.63) is 36.0 Å². The van der Waals surface area contributed by atoms with E-state index in [9.17, 15) is 4.79 Å². The second-order valence-corrected chi connectivity index (χ2v) is 8.00. The fraction of sp³-hybridized carbons (Fsp3) is 0.545. The number of benzene rings is 1. The van der Waals surface area contributed by atoms with Crippen molar-refractivity contribution in [1.82, 2.24) is 20.5 Å². The van der Waals surface area contributed by atoms with Gasteiger partial charge in [-0.15, -0.1) is 0 Å². The molecule has 2 N–H and O–H groups in total. The highest BCUT2D eigenvalue weighted by atomic mass is 16.5. The van der Waals surface area contributed by atoms with Crippen LogP contribution in [0.1, 0.15) is 37.8 Å². The molecule has 1 aromatic carbocycles. The minimum atomic E-state index is -0.146. The molecule has 0 saturated carbocycles.